The number of aryl methyl sites for hydroxylation is 2. The molecule has 0 radical (unpaired) electrons. The molecule has 3 aromatic heterocycles. The number of ether oxygens (including phenoxy) is 2. The fraction of sp³-hybridized carbons (Fsp3) is 0.375. The molecular formula is C24H28N4O4. The van der Waals surface area contributed by atoms with Crippen LogP contribution in [-0.2, 0) is 24.8 Å². The Morgan fingerprint density at radius 1 is 1.16 bits per heavy atom. The molecule has 0 atom stereocenters. The zero-order chi connectivity index (χ0) is 23.2. The van der Waals surface area contributed by atoms with E-state index >= 15 is 0 Å². The summed E-state index contributed by atoms with van der Waals surface area (Å²) in [5, 5.41) is 11.6. The van der Waals surface area contributed by atoms with E-state index < -0.39 is 11.6 Å². The molecule has 1 N–H and O–H groups in total. The van der Waals surface area contributed by atoms with Crippen LogP contribution in [0.3, 0.4) is 0 Å². The van der Waals surface area contributed by atoms with Crippen molar-refractivity contribution >= 4 is 28.0 Å². The van der Waals surface area contributed by atoms with E-state index in [2.05, 4.69) is 6.92 Å². The van der Waals surface area contributed by atoms with Crippen LogP contribution in [-0.4, -0.2) is 50.0 Å². The number of methoxy groups -OCH3 is 2. The Bertz CT molecular complexity index is 1330. The fourth-order valence-corrected chi connectivity index (χ4v) is 4.03. The number of hydrogen-bond donors (Lipinski definition) is 1. The highest BCUT2D eigenvalue weighted by Crippen LogP contribution is 2.34. The minimum atomic E-state index is -0.953. The lowest BCUT2D eigenvalue weighted by molar-refractivity contribution is 0.0599. The van der Waals surface area contributed by atoms with E-state index in [0.29, 0.717) is 29.2 Å². The Kier molecular flexibility index (Phi) is 5.42. The van der Waals surface area contributed by atoms with Gasteiger partial charge in [-0.3, -0.25) is 0 Å². The second-order valence-electron chi connectivity index (χ2n) is 8.53. The number of nitrogens with zero attached hydrogens (tertiary/aromatic N) is 4. The molecule has 8 heteroatoms. The van der Waals surface area contributed by atoms with Crippen molar-refractivity contribution in [3.63, 3.8) is 0 Å². The van der Waals surface area contributed by atoms with Gasteiger partial charge in [-0.1, -0.05) is 6.92 Å². The third kappa shape index (κ3) is 3.71. The van der Waals surface area contributed by atoms with Gasteiger partial charge in [0.2, 0.25) is 0 Å². The molecule has 168 valence electrons. The topological polar surface area (TPSA) is 91.4 Å². The lowest BCUT2D eigenvalue weighted by atomic mass is 10.1. The van der Waals surface area contributed by atoms with E-state index in [1.807, 2.05) is 34.4 Å². The van der Waals surface area contributed by atoms with E-state index in [1.165, 1.54) is 7.11 Å². The van der Waals surface area contributed by atoms with Gasteiger partial charge in [-0.2, -0.15) is 0 Å². The van der Waals surface area contributed by atoms with Gasteiger partial charge >= 0.3 is 5.97 Å². The molecule has 0 aliphatic heterocycles. The Labute approximate surface area is 186 Å². The first kappa shape index (κ1) is 21.8. The molecule has 0 aliphatic rings. The Hall–Kier alpha value is -3.39. The summed E-state index contributed by atoms with van der Waals surface area (Å²) in [7, 11) is 4.81. The summed E-state index contributed by atoms with van der Waals surface area (Å²) in [5.74, 6) is 0.756. The molecule has 32 heavy (non-hydrogen) atoms. The summed E-state index contributed by atoms with van der Waals surface area (Å²) in [6.07, 6.45) is 0.818. The van der Waals surface area contributed by atoms with Gasteiger partial charge in [0, 0.05) is 18.1 Å². The monoisotopic (exact) mass is 436 g/mol. The van der Waals surface area contributed by atoms with E-state index in [4.69, 9.17) is 19.4 Å². The third-order valence-corrected chi connectivity index (χ3v) is 5.51. The first-order chi connectivity index (χ1) is 15.2. The van der Waals surface area contributed by atoms with Crippen LogP contribution in [0.1, 0.15) is 36.8 Å². The van der Waals surface area contributed by atoms with Crippen LogP contribution in [0.5, 0.6) is 5.75 Å². The van der Waals surface area contributed by atoms with Crippen LogP contribution in [0.25, 0.3) is 33.6 Å². The van der Waals surface area contributed by atoms with Crippen LogP contribution < -0.4 is 4.74 Å². The lowest BCUT2D eigenvalue weighted by Crippen LogP contribution is -2.26. The fourth-order valence-electron chi connectivity index (χ4n) is 4.03. The van der Waals surface area contributed by atoms with Gasteiger partial charge in [0.1, 0.15) is 16.9 Å². The Morgan fingerprint density at radius 2 is 1.91 bits per heavy atom. The van der Waals surface area contributed by atoms with Crippen molar-refractivity contribution in [2.75, 3.05) is 14.2 Å². The number of aliphatic hydroxyl groups is 1. The Morgan fingerprint density at radius 3 is 2.53 bits per heavy atom. The third-order valence-electron chi connectivity index (χ3n) is 5.51. The van der Waals surface area contributed by atoms with Crippen LogP contribution in [0.2, 0.25) is 0 Å². The maximum atomic E-state index is 12.1. The number of rotatable bonds is 6. The maximum absolute atomic E-state index is 12.1. The van der Waals surface area contributed by atoms with Gasteiger partial charge in [-0.25, -0.2) is 14.8 Å². The van der Waals surface area contributed by atoms with E-state index in [9.17, 15) is 9.90 Å². The molecule has 4 rings (SSSR count). The summed E-state index contributed by atoms with van der Waals surface area (Å²) in [4.78, 5) is 21.8. The summed E-state index contributed by atoms with van der Waals surface area (Å²) < 4.78 is 14.4. The van der Waals surface area contributed by atoms with E-state index in [0.717, 1.165) is 34.4 Å². The molecule has 0 amide bonds. The minimum Gasteiger partial charge on any atom is -0.494 e. The predicted molar refractivity (Wildman–Crippen MR) is 123 cm³/mol. The number of aromatic nitrogens is 4. The molecule has 0 saturated carbocycles. The van der Waals surface area contributed by atoms with Crippen molar-refractivity contribution in [1.82, 2.24) is 19.1 Å². The van der Waals surface area contributed by atoms with Gasteiger partial charge in [0.05, 0.1) is 43.1 Å². The van der Waals surface area contributed by atoms with Gasteiger partial charge in [-0.15, -0.1) is 0 Å². The summed E-state index contributed by atoms with van der Waals surface area (Å²) in [6.45, 7) is 5.95. The largest absolute Gasteiger partial charge is 0.494 e. The average Bonchev–Trinajstić information content (AvgIpc) is 3.28. The van der Waals surface area contributed by atoms with Crippen molar-refractivity contribution in [2.24, 2.45) is 7.05 Å². The minimum absolute atomic E-state index is 0.347. The number of benzene rings is 1. The van der Waals surface area contributed by atoms with Crippen molar-refractivity contribution in [2.45, 2.75) is 39.3 Å². The molecule has 0 aliphatic carbocycles. The zero-order valence-corrected chi connectivity index (χ0v) is 19.3. The highest BCUT2D eigenvalue weighted by Gasteiger charge is 2.24. The predicted octanol–water partition coefficient (Wildman–Crippen LogP) is 3.72. The first-order valence-electron chi connectivity index (χ1n) is 10.5. The molecule has 8 nitrogen and oxygen atoms in total. The molecule has 0 spiro atoms. The highest BCUT2D eigenvalue weighted by atomic mass is 16.5. The molecular weight excluding hydrogens is 408 g/mol. The first-order valence-corrected chi connectivity index (χ1v) is 10.5. The smallest absolute Gasteiger partial charge is 0.338 e. The molecule has 0 unspecified atom stereocenters. The molecule has 0 fully saturated rings. The van der Waals surface area contributed by atoms with Crippen LogP contribution >= 0.6 is 0 Å². The second kappa shape index (κ2) is 7.94. The molecule has 4 aromatic rings. The number of hydrogen-bond acceptors (Lipinski definition) is 6. The SMILES string of the molecule is CCc1ccc2cc(-c3nc4cc(C(=O)OC)cc(OC)c4n3C)n(CC(C)(C)O)c2n1. The molecule has 3 heterocycles. The maximum Gasteiger partial charge on any atom is 0.338 e. The van der Waals surface area contributed by atoms with Crippen LogP contribution in [0, 0.1) is 0 Å². The molecule has 0 saturated heterocycles. The molecule has 1 aromatic carbocycles. The van der Waals surface area contributed by atoms with Crippen LogP contribution in [0.4, 0.5) is 0 Å². The van der Waals surface area contributed by atoms with E-state index in [-0.39, 0.29) is 0 Å². The normalized spacial score (nSPS) is 12.0. The number of pyridine rings is 1. The summed E-state index contributed by atoms with van der Waals surface area (Å²) >= 11 is 0. The summed E-state index contributed by atoms with van der Waals surface area (Å²) in [6, 6.07) is 9.44. The lowest BCUT2D eigenvalue weighted by Gasteiger charge is -2.20. The second-order valence-corrected chi connectivity index (χ2v) is 8.53. The standard InChI is InChI=1S/C24H28N4O4/c1-7-16-9-8-14-11-18(28(21(14)25-16)13-24(2,3)30)22-26-17-10-15(23(29)32-6)12-19(31-5)20(17)27(22)4/h8-12,30H,7,13H2,1-6H3. The summed E-state index contributed by atoms with van der Waals surface area (Å²) in [5.41, 5.74) is 3.40. The van der Waals surface area contributed by atoms with Gasteiger partial charge in [0.15, 0.2) is 5.82 Å². The number of imidazole rings is 1. The number of carbonyl (C=O) groups excluding carboxylic acids is 1. The van der Waals surface area contributed by atoms with E-state index in [1.54, 1.807) is 33.1 Å². The average molecular weight is 437 g/mol. The Balaban J connectivity index is 2.01. The van der Waals surface area contributed by atoms with Crippen molar-refractivity contribution in [3.8, 4) is 17.3 Å². The van der Waals surface area contributed by atoms with Crippen molar-refractivity contribution in [3.05, 3.63) is 41.6 Å². The quantitative estimate of drug-likeness (QED) is 0.463. The van der Waals surface area contributed by atoms with Gasteiger partial charge < -0.3 is 23.7 Å². The number of fused-ring (bicyclic) bond motifs is 2. The zero-order valence-electron chi connectivity index (χ0n) is 19.3. The highest BCUT2D eigenvalue weighted by molar-refractivity contribution is 5.97. The van der Waals surface area contributed by atoms with Crippen molar-refractivity contribution < 1.29 is 19.4 Å². The van der Waals surface area contributed by atoms with Gasteiger partial charge in [-0.05, 0) is 50.6 Å². The molecule has 0 bridgehead atoms. The van der Waals surface area contributed by atoms with Crippen LogP contribution in [0.15, 0.2) is 30.3 Å². The number of carbonyl (C=O) groups is 1. The van der Waals surface area contributed by atoms with Gasteiger partial charge in [0.25, 0.3) is 0 Å². The number of esters is 1. The van der Waals surface area contributed by atoms with Crippen molar-refractivity contribution in [1.29, 1.82) is 0 Å².